The molecule has 4 nitrogen and oxygen atoms in total. The molecule has 4 heteroatoms. The SMILES string of the molecule is CN(C)c1ccc([C+](c2ccc(N(C)C)cc2)c2ccccc2-c2ccccc2[C+](c2ccc(N(C)C)cc2)c2ccc(N(C)C)cc2)cc1. The number of rotatable bonds is 11. The van der Waals surface area contributed by atoms with Gasteiger partial charge in [-0.15, -0.1) is 0 Å². The molecule has 0 heterocycles. The molecule has 0 spiro atoms. The Bertz CT molecular complexity index is 1740. The molecule has 6 aromatic carbocycles. The van der Waals surface area contributed by atoms with Gasteiger partial charge >= 0.3 is 0 Å². The van der Waals surface area contributed by atoms with Crippen LogP contribution in [0, 0.1) is 11.8 Å². The summed E-state index contributed by atoms with van der Waals surface area (Å²) in [4.78, 5) is 8.58. The van der Waals surface area contributed by atoms with Crippen LogP contribution >= 0.6 is 0 Å². The van der Waals surface area contributed by atoms with Gasteiger partial charge in [0.05, 0.1) is 56.3 Å². The highest BCUT2D eigenvalue weighted by molar-refractivity contribution is 5.81. The molecule has 0 aliphatic carbocycles. The van der Waals surface area contributed by atoms with E-state index in [-0.39, 0.29) is 0 Å². The highest BCUT2D eigenvalue weighted by Crippen LogP contribution is 2.43. The fourth-order valence-electron chi connectivity index (χ4n) is 6.53. The molecule has 0 bridgehead atoms. The van der Waals surface area contributed by atoms with Crippen molar-refractivity contribution in [1.29, 1.82) is 0 Å². The molecule has 0 N–H and O–H groups in total. The summed E-state index contributed by atoms with van der Waals surface area (Å²) in [5, 5.41) is 0. The fourth-order valence-corrected chi connectivity index (χ4v) is 6.53. The van der Waals surface area contributed by atoms with Crippen LogP contribution in [-0.2, 0) is 0 Å². The minimum atomic E-state index is 1.18. The third-order valence-electron chi connectivity index (χ3n) is 9.37. The van der Waals surface area contributed by atoms with E-state index < -0.39 is 0 Å². The zero-order chi connectivity index (χ0) is 35.4. The third kappa shape index (κ3) is 7.16. The van der Waals surface area contributed by atoms with Gasteiger partial charge in [-0.2, -0.15) is 0 Å². The summed E-state index contributed by atoms with van der Waals surface area (Å²) in [7, 11) is 16.7. The maximum absolute atomic E-state index is 2.28. The normalized spacial score (nSPS) is 10.8. The number of hydrogen-bond donors (Lipinski definition) is 0. The first kappa shape index (κ1) is 34.1. The van der Waals surface area contributed by atoms with E-state index in [9.17, 15) is 0 Å². The zero-order valence-electron chi connectivity index (χ0n) is 30.6. The first-order chi connectivity index (χ1) is 24.1. The monoisotopic (exact) mass is 656 g/mol. The van der Waals surface area contributed by atoms with Gasteiger partial charge in [-0.25, -0.2) is 0 Å². The van der Waals surface area contributed by atoms with Crippen molar-refractivity contribution in [2.75, 3.05) is 76.0 Å². The van der Waals surface area contributed by atoms with Gasteiger partial charge in [0.25, 0.3) is 0 Å². The van der Waals surface area contributed by atoms with Crippen LogP contribution in [0.3, 0.4) is 0 Å². The predicted octanol–water partition coefficient (Wildman–Crippen LogP) is 9.66. The number of benzene rings is 6. The van der Waals surface area contributed by atoms with Gasteiger partial charge in [0.15, 0.2) is 0 Å². The Kier molecular flexibility index (Phi) is 10.1. The van der Waals surface area contributed by atoms with Crippen molar-refractivity contribution in [2.24, 2.45) is 0 Å². The molecule has 0 saturated carbocycles. The molecule has 6 rings (SSSR count). The molecule has 0 unspecified atom stereocenters. The maximum Gasteiger partial charge on any atom is 0.0674 e. The van der Waals surface area contributed by atoms with E-state index in [1.54, 1.807) is 0 Å². The Hall–Kier alpha value is -5.74. The third-order valence-corrected chi connectivity index (χ3v) is 9.37. The number of hydrogen-bond acceptors (Lipinski definition) is 4. The second-order valence-corrected chi connectivity index (χ2v) is 13.6. The lowest BCUT2D eigenvalue weighted by Crippen LogP contribution is -2.12. The van der Waals surface area contributed by atoms with Crippen LogP contribution in [-0.4, -0.2) is 56.4 Å². The summed E-state index contributed by atoms with van der Waals surface area (Å²) < 4.78 is 0. The zero-order valence-corrected chi connectivity index (χ0v) is 30.6. The van der Waals surface area contributed by atoms with Gasteiger partial charge < -0.3 is 19.6 Å². The molecule has 0 amide bonds. The van der Waals surface area contributed by atoms with Crippen molar-refractivity contribution in [3.05, 3.63) is 191 Å². The molecular formula is C46H48N4+2. The van der Waals surface area contributed by atoms with Crippen LogP contribution in [0.25, 0.3) is 11.1 Å². The summed E-state index contributed by atoms with van der Waals surface area (Å²) in [6.45, 7) is 0. The molecule has 250 valence electrons. The van der Waals surface area contributed by atoms with Gasteiger partial charge in [0.2, 0.25) is 0 Å². The second kappa shape index (κ2) is 14.8. The first-order valence-electron chi connectivity index (χ1n) is 17.2. The summed E-state index contributed by atoms with van der Waals surface area (Å²) in [5.41, 5.74) is 14.2. The minimum Gasteiger partial charge on any atom is -0.377 e. The second-order valence-electron chi connectivity index (χ2n) is 13.6. The van der Waals surface area contributed by atoms with Crippen LogP contribution < -0.4 is 19.6 Å². The van der Waals surface area contributed by atoms with Crippen LogP contribution in [0.1, 0.15) is 33.4 Å². The topological polar surface area (TPSA) is 13.0 Å². The molecule has 0 aliphatic heterocycles. The lowest BCUT2D eigenvalue weighted by molar-refractivity contribution is 1.12. The van der Waals surface area contributed by atoms with E-state index in [0.717, 1.165) is 0 Å². The summed E-state index contributed by atoms with van der Waals surface area (Å²) in [5.74, 6) is 2.41. The van der Waals surface area contributed by atoms with Crippen molar-refractivity contribution < 1.29 is 0 Å². The van der Waals surface area contributed by atoms with Crippen molar-refractivity contribution in [3.63, 3.8) is 0 Å². The van der Waals surface area contributed by atoms with Gasteiger partial charge in [-0.05, 0) is 146 Å². The van der Waals surface area contributed by atoms with E-state index in [4.69, 9.17) is 0 Å². The van der Waals surface area contributed by atoms with E-state index in [0.29, 0.717) is 0 Å². The van der Waals surface area contributed by atoms with Crippen molar-refractivity contribution in [3.8, 4) is 11.1 Å². The van der Waals surface area contributed by atoms with Gasteiger partial charge in [0, 0.05) is 79.1 Å². The number of anilines is 4. The van der Waals surface area contributed by atoms with Gasteiger partial charge in [-0.1, -0.05) is 0 Å². The van der Waals surface area contributed by atoms with Gasteiger partial charge in [0.1, 0.15) is 0 Å². The van der Waals surface area contributed by atoms with Crippen LogP contribution in [0.15, 0.2) is 146 Å². The molecular weight excluding hydrogens is 609 g/mol. The molecule has 0 atom stereocenters. The average molecular weight is 657 g/mol. The average Bonchev–Trinajstić information content (AvgIpc) is 3.13. The summed E-state index contributed by atoms with van der Waals surface area (Å²) >= 11 is 0. The van der Waals surface area contributed by atoms with E-state index in [1.807, 2.05) is 0 Å². The Labute approximate surface area is 299 Å². The molecule has 6 aromatic rings. The molecule has 0 aromatic heterocycles. The fraction of sp³-hybridized carbons (Fsp3) is 0.174. The Morgan fingerprint density at radius 3 is 0.720 bits per heavy atom. The lowest BCUT2D eigenvalue weighted by atomic mass is 9.77. The van der Waals surface area contributed by atoms with Crippen molar-refractivity contribution >= 4 is 22.7 Å². The summed E-state index contributed by atoms with van der Waals surface area (Å²) in [6.07, 6.45) is 0. The molecule has 0 aliphatic rings. The Morgan fingerprint density at radius 2 is 0.500 bits per heavy atom. The Morgan fingerprint density at radius 1 is 0.280 bits per heavy atom. The lowest BCUT2D eigenvalue weighted by Gasteiger charge is -2.21. The quantitative estimate of drug-likeness (QED) is 0.102. The molecule has 0 saturated heterocycles. The minimum absolute atomic E-state index is 1.18. The van der Waals surface area contributed by atoms with E-state index >= 15 is 0 Å². The predicted molar refractivity (Wildman–Crippen MR) is 216 cm³/mol. The van der Waals surface area contributed by atoms with Gasteiger partial charge in [-0.3, -0.25) is 0 Å². The standard InChI is InChI=1S/C46H48N4/c1-47(2)37-25-17-33(18-26-37)45(34-19-27-38(28-20-34)48(3)4)43-15-11-9-13-41(43)42-14-10-12-16-44(42)46(35-21-29-39(30-22-35)49(5)6)36-23-31-40(32-24-36)50(7)8/h9-32H,1-8H3/q+2. The highest BCUT2D eigenvalue weighted by atomic mass is 15.1. The van der Waals surface area contributed by atoms with Crippen molar-refractivity contribution in [1.82, 2.24) is 0 Å². The first-order valence-corrected chi connectivity index (χ1v) is 17.2. The largest absolute Gasteiger partial charge is 0.377 e. The Balaban J connectivity index is 1.55. The summed E-state index contributed by atoms with van der Waals surface area (Å²) in [6, 6.07) is 53.5. The van der Waals surface area contributed by atoms with E-state index in [1.165, 1.54) is 79.1 Å². The molecule has 0 radical (unpaired) electrons. The maximum atomic E-state index is 2.28. The molecule has 50 heavy (non-hydrogen) atoms. The van der Waals surface area contributed by atoms with Crippen LogP contribution in [0.5, 0.6) is 0 Å². The van der Waals surface area contributed by atoms with Crippen LogP contribution in [0.4, 0.5) is 22.7 Å². The number of nitrogens with zero attached hydrogens (tertiary/aromatic N) is 4. The van der Waals surface area contributed by atoms with E-state index in [2.05, 4.69) is 222 Å². The highest BCUT2D eigenvalue weighted by Gasteiger charge is 2.31. The smallest absolute Gasteiger partial charge is 0.0674 e. The molecule has 0 fully saturated rings. The van der Waals surface area contributed by atoms with Crippen molar-refractivity contribution in [2.45, 2.75) is 0 Å². The van der Waals surface area contributed by atoms with Crippen LogP contribution in [0.2, 0.25) is 0 Å².